The van der Waals surface area contributed by atoms with Gasteiger partial charge in [0.25, 0.3) is 0 Å². The number of rotatable bonds is 9. The zero-order valence-corrected chi connectivity index (χ0v) is 15.5. The molecule has 6 heteroatoms. The molecule has 2 heterocycles. The van der Waals surface area contributed by atoms with Gasteiger partial charge in [0, 0.05) is 37.9 Å². The van der Waals surface area contributed by atoms with Crippen LogP contribution in [0.25, 0.3) is 0 Å². The lowest BCUT2D eigenvalue weighted by Gasteiger charge is -2.19. The van der Waals surface area contributed by atoms with Crippen LogP contribution in [0.15, 0.2) is 73.3 Å². The molecular weight excluding hydrogens is 355 g/mol. The van der Waals surface area contributed by atoms with Crippen LogP contribution in [0, 0.1) is 5.82 Å². The largest absolute Gasteiger partial charge is 0.354 e. The van der Waals surface area contributed by atoms with Crippen molar-refractivity contribution in [2.45, 2.75) is 18.9 Å². The predicted octanol–water partition coefficient (Wildman–Crippen LogP) is 2.85. The van der Waals surface area contributed by atoms with Crippen molar-refractivity contribution < 1.29 is 9.18 Å². The summed E-state index contributed by atoms with van der Waals surface area (Å²) in [6.07, 6.45) is 8.49. The van der Waals surface area contributed by atoms with E-state index in [1.54, 1.807) is 30.7 Å². The van der Waals surface area contributed by atoms with Crippen LogP contribution in [0.2, 0.25) is 0 Å². The minimum atomic E-state index is -0.550. The summed E-state index contributed by atoms with van der Waals surface area (Å²) in [5.41, 5.74) is 2.88. The van der Waals surface area contributed by atoms with Gasteiger partial charge < -0.3 is 10.6 Å². The van der Waals surface area contributed by atoms with Gasteiger partial charge in [-0.15, -0.1) is 0 Å². The maximum atomic E-state index is 13.3. The molecule has 0 bridgehead atoms. The number of carbonyl (C=O) groups is 1. The highest BCUT2D eigenvalue weighted by Gasteiger charge is 2.19. The molecule has 0 radical (unpaired) electrons. The minimum Gasteiger partial charge on any atom is -0.354 e. The van der Waals surface area contributed by atoms with Crippen molar-refractivity contribution in [1.29, 1.82) is 0 Å². The first kappa shape index (κ1) is 19.6. The van der Waals surface area contributed by atoms with E-state index in [0.717, 1.165) is 23.1 Å². The summed E-state index contributed by atoms with van der Waals surface area (Å²) in [7, 11) is 0. The third-order valence-corrected chi connectivity index (χ3v) is 4.39. The van der Waals surface area contributed by atoms with E-state index < -0.39 is 6.04 Å². The summed E-state index contributed by atoms with van der Waals surface area (Å²) in [6.45, 7) is 1.11. The zero-order chi connectivity index (χ0) is 19.6. The summed E-state index contributed by atoms with van der Waals surface area (Å²) < 4.78 is 13.3. The second kappa shape index (κ2) is 10.3. The normalized spacial score (nSPS) is 11.8. The number of benzene rings is 1. The van der Waals surface area contributed by atoms with Crippen molar-refractivity contribution in [3.63, 3.8) is 0 Å². The number of hydrogen-bond donors (Lipinski definition) is 2. The Kier molecular flexibility index (Phi) is 7.21. The average molecular weight is 378 g/mol. The molecule has 1 unspecified atom stereocenters. The molecule has 0 aliphatic rings. The standard InChI is InChI=1S/C22H23FN4O/c23-20-7-5-19(6-8-20)21(26-13-9-17-3-1-11-24-15-17)22(28)27-14-10-18-4-2-12-25-16-18/h1-8,11-12,15-16,21,26H,9-10,13-14H2,(H,27,28). The second-order valence-electron chi connectivity index (χ2n) is 6.45. The molecule has 0 spiro atoms. The lowest BCUT2D eigenvalue weighted by molar-refractivity contribution is -0.123. The Balaban J connectivity index is 1.59. The smallest absolute Gasteiger partial charge is 0.241 e. The quantitative estimate of drug-likeness (QED) is 0.601. The van der Waals surface area contributed by atoms with Crippen LogP contribution in [0.4, 0.5) is 4.39 Å². The van der Waals surface area contributed by atoms with Crippen LogP contribution in [-0.2, 0) is 17.6 Å². The van der Waals surface area contributed by atoms with Crippen molar-refractivity contribution in [3.05, 3.63) is 95.8 Å². The van der Waals surface area contributed by atoms with Crippen molar-refractivity contribution in [2.24, 2.45) is 0 Å². The maximum absolute atomic E-state index is 13.3. The van der Waals surface area contributed by atoms with E-state index in [1.807, 2.05) is 30.5 Å². The Morgan fingerprint density at radius 1 is 0.893 bits per heavy atom. The van der Waals surface area contributed by atoms with E-state index in [2.05, 4.69) is 20.6 Å². The molecule has 1 aromatic carbocycles. The number of nitrogens with one attached hydrogen (secondary N) is 2. The highest BCUT2D eigenvalue weighted by molar-refractivity contribution is 5.83. The number of aromatic nitrogens is 2. The van der Waals surface area contributed by atoms with Gasteiger partial charge in [0.15, 0.2) is 0 Å². The monoisotopic (exact) mass is 378 g/mol. The number of pyridine rings is 2. The Morgan fingerprint density at radius 3 is 2.07 bits per heavy atom. The van der Waals surface area contributed by atoms with E-state index in [-0.39, 0.29) is 11.7 Å². The van der Waals surface area contributed by atoms with Crippen LogP contribution < -0.4 is 10.6 Å². The van der Waals surface area contributed by atoms with Crippen LogP contribution in [0.3, 0.4) is 0 Å². The van der Waals surface area contributed by atoms with Crippen LogP contribution >= 0.6 is 0 Å². The van der Waals surface area contributed by atoms with Gasteiger partial charge in [-0.05, 0) is 53.8 Å². The molecule has 1 atom stereocenters. The highest BCUT2D eigenvalue weighted by atomic mass is 19.1. The number of amides is 1. The first-order valence-corrected chi connectivity index (χ1v) is 9.27. The summed E-state index contributed by atoms with van der Waals surface area (Å²) >= 11 is 0. The van der Waals surface area contributed by atoms with E-state index in [9.17, 15) is 9.18 Å². The molecular formula is C22H23FN4O. The first-order chi connectivity index (χ1) is 13.7. The molecule has 0 saturated heterocycles. The van der Waals surface area contributed by atoms with Gasteiger partial charge in [0.2, 0.25) is 5.91 Å². The van der Waals surface area contributed by atoms with E-state index in [0.29, 0.717) is 19.5 Å². The Labute approximate surface area is 164 Å². The minimum absolute atomic E-state index is 0.137. The van der Waals surface area contributed by atoms with Gasteiger partial charge in [-0.3, -0.25) is 14.8 Å². The molecule has 28 heavy (non-hydrogen) atoms. The lowest BCUT2D eigenvalue weighted by atomic mass is 10.1. The van der Waals surface area contributed by atoms with Gasteiger partial charge in [-0.1, -0.05) is 24.3 Å². The van der Waals surface area contributed by atoms with E-state index in [4.69, 9.17) is 0 Å². The summed E-state index contributed by atoms with van der Waals surface area (Å²) in [5.74, 6) is -0.462. The van der Waals surface area contributed by atoms with Gasteiger partial charge in [0.05, 0.1) is 0 Å². The topological polar surface area (TPSA) is 66.9 Å². The SMILES string of the molecule is O=C(NCCc1cccnc1)C(NCCc1cccnc1)c1ccc(F)cc1. The molecule has 0 fully saturated rings. The number of carbonyl (C=O) groups excluding carboxylic acids is 1. The number of hydrogen-bond acceptors (Lipinski definition) is 4. The van der Waals surface area contributed by atoms with Gasteiger partial charge in [0.1, 0.15) is 11.9 Å². The molecule has 0 saturated carbocycles. The fourth-order valence-corrected chi connectivity index (χ4v) is 2.90. The summed E-state index contributed by atoms with van der Waals surface area (Å²) in [4.78, 5) is 20.9. The van der Waals surface area contributed by atoms with Crippen LogP contribution in [0.1, 0.15) is 22.7 Å². The van der Waals surface area contributed by atoms with Gasteiger partial charge in [-0.25, -0.2) is 4.39 Å². The Bertz CT molecular complexity index is 857. The molecule has 144 valence electrons. The number of halogens is 1. The first-order valence-electron chi connectivity index (χ1n) is 9.27. The molecule has 0 aliphatic heterocycles. The molecule has 1 amide bonds. The van der Waals surface area contributed by atoms with Gasteiger partial charge in [-0.2, -0.15) is 0 Å². The molecule has 0 aliphatic carbocycles. The van der Waals surface area contributed by atoms with E-state index in [1.165, 1.54) is 12.1 Å². The fraction of sp³-hybridized carbons (Fsp3) is 0.227. The maximum Gasteiger partial charge on any atom is 0.241 e. The fourth-order valence-electron chi connectivity index (χ4n) is 2.90. The average Bonchev–Trinajstić information content (AvgIpc) is 2.73. The molecule has 3 aromatic rings. The van der Waals surface area contributed by atoms with Crippen molar-refractivity contribution in [1.82, 2.24) is 20.6 Å². The number of nitrogens with zero attached hydrogens (tertiary/aromatic N) is 2. The molecule has 5 nitrogen and oxygen atoms in total. The second-order valence-corrected chi connectivity index (χ2v) is 6.45. The van der Waals surface area contributed by atoms with Crippen molar-refractivity contribution >= 4 is 5.91 Å². The highest BCUT2D eigenvalue weighted by Crippen LogP contribution is 2.14. The van der Waals surface area contributed by atoms with Crippen LogP contribution in [0.5, 0.6) is 0 Å². The third kappa shape index (κ3) is 5.96. The van der Waals surface area contributed by atoms with Crippen molar-refractivity contribution in [3.8, 4) is 0 Å². The summed E-state index contributed by atoms with van der Waals surface area (Å²) in [5, 5.41) is 6.24. The molecule has 2 N–H and O–H groups in total. The van der Waals surface area contributed by atoms with Gasteiger partial charge >= 0.3 is 0 Å². The van der Waals surface area contributed by atoms with Crippen LogP contribution in [-0.4, -0.2) is 29.0 Å². The van der Waals surface area contributed by atoms with E-state index >= 15 is 0 Å². The third-order valence-electron chi connectivity index (χ3n) is 4.39. The molecule has 3 rings (SSSR count). The Morgan fingerprint density at radius 2 is 1.50 bits per heavy atom. The Hall–Kier alpha value is -3.12. The lowest BCUT2D eigenvalue weighted by Crippen LogP contribution is -2.39. The molecule has 2 aromatic heterocycles. The zero-order valence-electron chi connectivity index (χ0n) is 15.5. The predicted molar refractivity (Wildman–Crippen MR) is 106 cm³/mol. The van der Waals surface area contributed by atoms with Crippen molar-refractivity contribution in [2.75, 3.05) is 13.1 Å². The summed E-state index contributed by atoms with van der Waals surface area (Å²) in [6, 6.07) is 13.2.